The highest BCUT2D eigenvalue weighted by Crippen LogP contribution is 2.25. The van der Waals surface area contributed by atoms with Gasteiger partial charge in [0.15, 0.2) is 0 Å². The Labute approximate surface area is 164 Å². The zero-order valence-electron chi connectivity index (χ0n) is 15.9. The molecule has 0 amide bonds. The van der Waals surface area contributed by atoms with Crippen molar-refractivity contribution in [2.75, 3.05) is 40.0 Å². The van der Waals surface area contributed by atoms with Crippen molar-refractivity contribution in [2.45, 2.75) is 19.2 Å². The molecule has 7 heteroatoms. The zero-order chi connectivity index (χ0) is 19.8. The summed E-state index contributed by atoms with van der Waals surface area (Å²) in [6.45, 7) is 1.40. The van der Waals surface area contributed by atoms with Crippen molar-refractivity contribution >= 4 is 0 Å². The van der Waals surface area contributed by atoms with Crippen LogP contribution in [0.3, 0.4) is 0 Å². The third kappa shape index (κ3) is 5.64. The molecule has 28 heavy (non-hydrogen) atoms. The fourth-order valence-corrected chi connectivity index (χ4v) is 3.38. The number of methoxy groups -OCH3 is 1. The van der Waals surface area contributed by atoms with Crippen molar-refractivity contribution in [3.63, 3.8) is 0 Å². The first-order valence-corrected chi connectivity index (χ1v) is 9.36. The third-order valence-corrected chi connectivity index (χ3v) is 4.83. The summed E-state index contributed by atoms with van der Waals surface area (Å²) < 4.78 is 40.6. The maximum absolute atomic E-state index is 12.6. The molecule has 152 valence electrons. The molecule has 2 aromatic rings. The first-order chi connectivity index (χ1) is 13.7. The second-order valence-electron chi connectivity index (χ2n) is 6.55. The highest BCUT2D eigenvalue weighted by atomic mass is 19.3. The average Bonchev–Trinajstić information content (AvgIpc) is 2.73. The molecule has 0 aromatic heterocycles. The Balaban J connectivity index is 1.68. The molecule has 1 saturated heterocycles. The lowest BCUT2D eigenvalue weighted by atomic mass is 10.0. The molecule has 1 aliphatic heterocycles. The predicted octanol–water partition coefficient (Wildman–Crippen LogP) is 3.46. The van der Waals surface area contributed by atoms with E-state index in [-0.39, 0.29) is 11.8 Å². The maximum Gasteiger partial charge on any atom is 0.387 e. The second-order valence-corrected chi connectivity index (χ2v) is 6.55. The summed E-state index contributed by atoms with van der Waals surface area (Å²) in [5.74, 6) is 1.02. The SMILES string of the molecule is COc1ccc(C(CNCc2ccccc2OC(F)F)N2CCOCC2)cc1. The van der Waals surface area contributed by atoms with Crippen LogP contribution in [0.25, 0.3) is 0 Å². The lowest BCUT2D eigenvalue weighted by molar-refractivity contribution is -0.0505. The van der Waals surface area contributed by atoms with Crippen LogP contribution in [0.4, 0.5) is 8.78 Å². The Morgan fingerprint density at radius 1 is 1.07 bits per heavy atom. The van der Waals surface area contributed by atoms with Gasteiger partial charge >= 0.3 is 6.61 Å². The summed E-state index contributed by atoms with van der Waals surface area (Å²) in [4.78, 5) is 2.37. The van der Waals surface area contributed by atoms with E-state index < -0.39 is 6.61 Å². The molecule has 1 fully saturated rings. The minimum Gasteiger partial charge on any atom is -0.497 e. The van der Waals surface area contributed by atoms with Gasteiger partial charge in [-0.2, -0.15) is 8.78 Å². The molecule has 0 radical (unpaired) electrons. The van der Waals surface area contributed by atoms with E-state index in [0.717, 1.165) is 18.8 Å². The van der Waals surface area contributed by atoms with Crippen molar-refractivity contribution in [2.24, 2.45) is 0 Å². The number of morpholine rings is 1. The van der Waals surface area contributed by atoms with Gasteiger partial charge in [-0.15, -0.1) is 0 Å². The fourth-order valence-electron chi connectivity index (χ4n) is 3.38. The molecule has 1 heterocycles. The molecular weight excluding hydrogens is 366 g/mol. The number of benzene rings is 2. The highest BCUT2D eigenvalue weighted by Gasteiger charge is 2.22. The molecule has 5 nitrogen and oxygen atoms in total. The van der Waals surface area contributed by atoms with Crippen LogP contribution in [-0.4, -0.2) is 51.5 Å². The minimum atomic E-state index is -2.83. The number of rotatable bonds is 9. The molecule has 1 aliphatic rings. The first kappa shape index (κ1) is 20.5. The van der Waals surface area contributed by atoms with Crippen LogP contribution in [0.1, 0.15) is 17.2 Å². The van der Waals surface area contributed by atoms with E-state index in [2.05, 4.69) is 27.1 Å². The normalized spacial score (nSPS) is 16.1. The number of ether oxygens (including phenoxy) is 3. The maximum atomic E-state index is 12.6. The van der Waals surface area contributed by atoms with Crippen molar-refractivity contribution < 1.29 is 23.0 Å². The smallest absolute Gasteiger partial charge is 0.387 e. The van der Waals surface area contributed by atoms with Gasteiger partial charge in [-0.3, -0.25) is 4.90 Å². The molecular formula is C21H26F2N2O3. The molecule has 0 saturated carbocycles. The molecule has 1 atom stereocenters. The number of halogens is 2. The standard InChI is InChI=1S/C21H26F2N2O3/c1-26-18-8-6-16(7-9-18)19(25-10-12-27-13-11-25)15-24-14-17-4-2-3-5-20(17)28-21(22)23/h2-9,19,21,24H,10-15H2,1H3. The Morgan fingerprint density at radius 3 is 2.46 bits per heavy atom. The van der Waals surface area contributed by atoms with Crippen LogP contribution >= 0.6 is 0 Å². The van der Waals surface area contributed by atoms with Crippen molar-refractivity contribution in [1.82, 2.24) is 10.2 Å². The lowest BCUT2D eigenvalue weighted by Crippen LogP contribution is -2.42. The quantitative estimate of drug-likeness (QED) is 0.708. The highest BCUT2D eigenvalue weighted by molar-refractivity contribution is 5.33. The van der Waals surface area contributed by atoms with Crippen LogP contribution in [0.5, 0.6) is 11.5 Å². The Hall–Kier alpha value is -2.22. The van der Waals surface area contributed by atoms with Gasteiger partial charge in [0.2, 0.25) is 0 Å². The van der Waals surface area contributed by atoms with E-state index in [4.69, 9.17) is 9.47 Å². The Bertz CT molecular complexity index is 722. The summed E-state index contributed by atoms with van der Waals surface area (Å²) >= 11 is 0. The van der Waals surface area contributed by atoms with E-state index >= 15 is 0 Å². The van der Waals surface area contributed by atoms with Crippen LogP contribution < -0.4 is 14.8 Å². The van der Waals surface area contributed by atoms with Crippen molar-refractivity contribution in [3.8, 4) is 11.5 Å². The topological polar surface area (TPSA) is 43.0 Å². The van der Waals surface area contributed by atoms with E-state index in [1.54, 1.807) is 25.3 Å². The molecule has 0 spiro atoms. The third-order valence-electron chi connectivity index (χ3n) is 4.83. The molecule has 0 bridgehead atoms. The van der Waals surface area contributed by atoms with E-state index in [1.807, 2.05) is 18.2 Å². The van der Waals surface area contributed by atoms with Gasteiger partial charge in [0.1, 0.15) is 11.5 Å². The van der Waals surface area contributed by atoms with E-state index in [1.165, 1.54) is 5.56 Å². The molecule has 1 unspecified atom stereocenters. The first-order valence-electron chi connectivity index (χ1n) is 9.36. The summed E-state index contributed by atoms with van der Waals surface area (Å²) in [6.07, 6.45) is 0. The van der Waals surface area contributed by atoms with Crippen LogP contribution in [-0.2, 0) is 11.3 Å². The van der Waals surface area contributed by atoms with E-state index in [0.29, 0.717) is 31.9 Å². The van der Waals surface area contributed by atoms with Gasteiger partial charge in [0, 0.05) is 37.8 Å². The fraction of sp³-hybridized carbons (Fsp3) is 0.429. The van der Waals surface area contributed by atoms with Gasteiger partial charge in [-0.05, 0) is 23.8 Å². The monoisotopic (exact) mass is 392 g/mol. The molecule has 1 N–H and O–H groups in total. The summed E-state index contributed by atoms with van der Waals surface area (Å²) in [7, 11) is 1.65. The number of hydrogen-bond acceptors (Lipinski definition) is 5. The zero-order valence-corrected chi connectivity index (χ0v) is 15.9. The van der Waals surface area contributed by atoms with Crippen LogP contribution in [0.2, 0.25) is 0 Å². The largest absolute Gasteiger partial charge is 0.497 e. The van der Waals surface area contributed by atoms with Gasteiger partial charge in [0.25, 0.3) is 0 Å². The molecule has 3 rings (SSSR count). The van der Waals surface area contributed by atoms with Gasteiger partial charge in [0.05, 0.1) is 20.3 Å². The molecule has 0 aliphatic carbocycles. The number of hydrogen-bond donors (Lipinski definition) is 1. The van der Waals surface area contributed by atoms with Gasteiger partial charge < -0.3 is 19.5 Å². The summed E-state index contributed by atoms with van der Waals surface area (Å²) in [5.41, 5.74) is 1.88. The number of nitrogens with zero attached hydrogens (tertiary/aromatic N) is 1. The molecule has 2 aromatic carbocycles. The summed E-state index contributed by atoms with van der Waals surface area (Å²) in [6, 6.07) is 15.0. The Kier molecular flexibility index (Phi) is 7.59. The Morgan fingerprint density at radius 2 is 1.79 bits per heavy atom. The number of nitrogens with one attached hydrogen (secondary N) is 1. The lowest BCUT2D eigenvalue weighted by Gasteiger charge is -2.35. The van der Waals surface area contributed by atoms with Gasteiger partial charge in [-0.25, -0.2) is 0 Å². The van der Waals surface area contributed by atoms with Crippen molar-refractivity contribution in [3.05, 3.63) is 59.7 Å². The van der Waals surface area contributed by atoms with Crippen molar-refractivity contribution in [1.29, 1.82) is 0 Å². The second kappa shape index (κ2) is 10.4. The minimum absolute atomic E-state index is 0.151. The number of alkyl halides is 2. The summed E-state index contributed by atoms with van der Waals surface area (Å²) in [5, 5.41) is 3.40. The number of para-hydroxylation sites is 1. The van der Waals surface area contributed by atoms with Crippen LogP contribution in [0.15, 0.2) is 48.5 Å². The predicted molar refractivity (Wildman–Crippen MR) is 103 cm³/mol. The van der Waals surface area contributed by atoms with Crippen LogP contribution in [0, 0.1) is 0 Å². The average molecular weight is 392 g/mol. The van der Waals surface area contributed by atoms with Gasteiger partial charge in [-0.1, -0.05) is 30.3 Å². The van der Waals surface area contributed by atoms with E-state index in [9.17, 15) is 8.78 Å².